The maximum Gasteiger partial charge on any atom is 0.153 e. The molecule has 1 heteroatoms. The van der Waals surface area contributed by atoms with Gasteiger partial charge in [-0.05, 0) is 80.0 Å². The Morgan fingerprint density at radius 3 is 2.57 bits per heavy atom. The van der Waals surface area contributed by atoms with Gasteiger partial charge in [-0.1, -0.05) is 33.1 Å². The van der Waals surface area contributed by atoms with Crippen molar-refractivity contribution in [2.45, 2.75) is 72.1 Å². The minimum absolute atomic E-state index is 0.0966. The predicted molar refractivity (Wildman–Crippen MR) is 93.6 cm³/mol. The van der Waals surface area contributed by atoms with Crippen LogP contribution in [0.25, 0.3) is 0 Å². The summed E-state index contributed by atoms with van der Waals surface area (Å²) in [5.41, 5.74) is 0.428. The number of Topliss-reactive ketones (excluding diaryl/α,β-unsaturated/α-hetero) is 1. The number of hydrogen-bond acceptors (Lipinski definition) is 1. The lowest BCUT2D eigenvalue weighted by Crippen LogP contribution is -2.53. The van der Waals surface area contributed by atoms with Gasteiger partial charge in [0.2, 0.25) is 0 Å². The van der Waals surface area contributed by atoms with E-state index >= 15 is 0 Å². The second-order valence-corrected chi connectivity index (χ2v) is 9.81. The van der Waals surface area contributed by atoms with Crippen molar-refractivity contribution in [2.75, 3.05) is 0 Å². The highest BCUT2D eigenvalue weighted by molar-refractivity contribution is 5.91. The van der Waals surface area contributed by atoms with Crippen molar-refractivity contribution >= 4 is 5.78 Å². The molecule has 4 saturated carbocycles. The molecule has 0 saturated heterocycles. The Morgan fingerprint density at radius 2 is 1.83 bits per heavy atom. The molecule has 0 aromatic heterocycles. The summed E-state index contributed by atoms with van der Waals surface area (Å²) in [7, 11) is 0. The van der Waals surface area contributed by atoms with E-state index in [4.69, 9.17) is 6.42 Å². The first-order valence-electron chi connectivity index (χ1n) is 9.90. The summed E-state index contributed by atoms with van der Waals surface area (Å²) in [5, 5.41) is 0. The summed E-state index contributed by atoms with van der Waals surface area (Å²) in [4.78, 5) is 12.8. The number of rotatable bonds is 0. The normalized spacial score (nSPS) is 55.5. The molecule has 4 aliphatic carbocycles. The quantitative estimate of drug-likeness (QED) is 0.569. The Hall–Kier alpha value is -0.770. The SMILES string of the molecule is C#CC1C[C@H]2[C@@H]3CCC4CC(C)CC[C@]4(C)[C@@H]3CC[C@]2(C)C1=O. The van der Waals surface area contributed by atoms with E-state index in [0.717, 1.165) is 36.5 Å². The Balaban J connectivity index is 1.65. The summed E-state index contributed by atoms with van der Waals surface area (Å²) < 4.78 is 0. The van der Waals surface area contributed by atoms with Gasteiger partial charge >= 0.3 is 0 Å². The summed E-state index contributed by atoms with van der Waals surface area (Å²) in [6.45, 7) is 7.28. The van der Waals surface area contributed by atoms with Gasteiger partial charge in [0.05, 0.1) is 5.92 Å². The molecule has 0 spiro atoms. The molecule has 0 N–H and O–H groups in total. The highest BCUT2D eigenvalue weighted by atomic mass is 16.1. The zero-order valence-corrected chi connectivity index (χ0v) is 15.1. The zero-order valence-electron chi connectivity index (χ0n) is 15.1. The molecule has 0 aliphatic heterocycles. The summed E-state index contributed by atoms with van der Waals surface area (Å²) in [6.07, 6.45) is 16.0. The predicted octanol–water partition coefficient (Wildman–Crippen LogP) is 5.09. The van der Waals surface area contributed by atoms with Crippen molar-refractivity contribution in [1.82, 2.24) is 0 Å². The van der Waals surface area contributed by atoms with E-state index in [1.165, 1.54) is 38.5 Å². The van der Waals surface area contributed by atoms with Crippen molar-refractivity contribution in [3.8, 4) is 12.3 Å². The topological polar surface area (TPSA) is 17.1 Å². The molecule has 4 rings (SSSR count). The third kappa shape index (κ3) is 2.03. The molecule has 0 aromatic rings. The average molecular weight is 312 g/mol. The molecule has 0 aromatic carbocycles. The molecule has 126 valence electrons. The van der Waals surface area contributed by atoms with E-state index < -0.39 is 0 Å². The lowest BCUT2D eigenvalue weighted by atomic mass is 9.45. The van der Waals surface area contributed by atoms with Crippen molar-refractivity contribution in [3.63, 3.8) is 0 Å². The molecule has 4 fully saturated rings. The molecule has 4 aliphatic rings. The van der Waals surface area contributed by atoms with Crippen LogP contribution >= 0.6 is 0 Å². The van der Waals surface area contributed by atoms with Crippen LogP contribution in [-0.4, -0.2) is 5.78 Å². The second-order valence-electron chi connectivity index (χ2n) is 9.81. The van der Waals surface area contributed by atoms with Gasteiger partial charge in [-0.25, -0.2) is 0 Å². The van der Waals surface area contributed by atoms with Crippen molar-refractivity contribution in [1.29, 1.82) is 0 Å². The van der Waals surface area contributed by atoms with Gasteiger partial charge in [-0.3, -0.25) is 4.79 Å². The van der Waals surface area contributed by atoms with Crippen LogP contribution in [0.3, 0.4) is 0 Å². The van der Waals surface area contributed by atoms with Crippen LogP contribution < -0.4 is 0 Å². The van der Waals surface area contributed by atoms with E-state index in [-0.39, 0.29) is 11.3 Å². The van der Waals surface area contributed by atoms with E-state index in [1.54, 1.807) is 0 Å². The Labute approximate surface area is 142 Å². The minimum atomic E-state index is -0.108. The highest BCUT2D eigenvalue weighted by Crippen LogP contribution is 2.66. The first-order valence-corrected chi connectivity index (χ1v) is 9.90. The van der Waals surface area contributed by atoms with E-state index in [0.29, 0.717) is 17.1 Å². The van der Waals surface area contributed by atoms with Crippen LogP contribution in [0.1, 0.15) is 72.1 Å². The fraction of sp³-hybridized carbons (Fsp3) is 0.864. The maximum atomic E-state index is 12.8. The van der Waals surface area contributed by atoms with Gasteiger partial charge < -0.3 is 0 Å². The molecule has 0 amide bonds. The molecular weight excluding hydrogens is 280 g/mol. The van der Waals surface area contributed by atoms with Crippen LogP contribution in [0.4, 0.5) is 0 Å². The maximum absolute atomic E-state index is 12.8. The molecule has 3 unspecified atom stereocenters. The van der Waals surface area contributed by atoms with Gasteiger partial charge in [0.15, 0.2) is 5.78 Å². The summed E-state index contributed by atoms with van der Waals surface area (Å²) in [6, 6.07) is 0. The van der Waals surface area contributed by atoms with Gasteiger partial charge in [0, 0.05) is 5.41 Å². The number of terminal acetylenes is 1. The molecule has 0 radical (unpaired) electrons. The number of carbonyl (C=O) groups excluding carboxylic acids is 1. The van der Waals surface area contributed by atoms with Crippen LogP contribution in [0, 0.1) is 58.7 Å². The highest BCUT2D eigenvalue weighted by Gasteiger charge is 2.61. The monoisotopic (exact) mass is 312 g/mol. The third-order valence-electron chi connectivity index (χ3n) is 8.89. The van der Waals surface area contributed by atoms with Crippen molar-refractivity contribution in [3.05, 3.63) is 0 Å². The summed E-state index contributed by atoms with van der Waals surface area (Å²) in [5.74, 6) is 7.12. The standard InChI is InChI=1S/C22H32O/c1-5-15-13-19-17-7-6-16-12-14(2)8-10-21(16,3)18(17)9-11-22(19,4)20(15)23/h1,14-19H,6-13H2,2-4H3/t14?,15?,16?,17-,18-,19+,21+,22+/m1/s1. The largest absolute Gasteiger partial charge is 0.298 e. The lowest BCUT2D eigenvalue weighted by molar-refractivity contribution is -0.140. The number of fused-ring (bicyclic) bond motifs is 5. The molecule has 0 heterocycles. The number of hydrogen-bond donors (Lipinski definition) is 0. The van der Waals surface area contributed by atoms with E-state index in [1.807, 2.05) is 0 Å². The molecule has 0 bridgehead atoms. The van der Waals surface area contributed by atoms with Crippen molar-refractivity contribution < 1.29 is 4.79 Å². The zero-order chi connectivity index (χ0) is 16.4. The molecular formula is C22H32O. The third-order valence-corrected chi connectivity index (χ3v) is 8.89. The summed E-state index contributed by atoms with van der Waals surface area (Å²) >= 11 is 0. The number of carbonyl (C=O) groups is 1. The Morgan fingerprint density at radius 1 is 1.04 bits per heavy atom. The fourth-order valence-corrected chi connectivity index (χ4v) is 7.44. The van der Waals surface area contributed by atoms with E-state index in [2.05, 4.69) is 26.7 Å². The van der Waals surface area contributed by atoms with Gasteiger partial charge in [-0.15, -0.1) is 6.42 Å². The smallest absolute Gasteiger partial charge is 0.153 e. The van der Waals surface area contributed by atoms with Gasteiger partial charge in [0.25, 0.3) is 0 Å². The molecule has 23 heavy (non-hydrogen) atoms. The first kappa shape index (κ1) is 15.7. The fourth-order valence-electron chi connectivity index (χ4n) is 7.44. The van der Waals surface area contributed by atoms with Crippen LogP contribution in [0.15, 0.2) is 0 Å². The Kier molecular flexibility index (Phi) is 3.50. The molecule has 8 atom stereocenters. The minimum Gasteiger partial charge on any atom is -0.298 e. The average Bonchev–Trinajstić information content (AvgIpc) is 2.79. The van der Waals surface area contributed by atoms with Crippen molar-refractivity contribution in [2.24, 2.45) is 46.3 Å². The van der Waals surface area contributed by atoms with Crippen LogP contribution in [0.2, 0.25) is 0 Å². The Bertz CT molecular complexity index is 557. The molecule has 1 nitrogen and oxygen atoms in total. The first-order chi connectivity index (χ1) is 10.9. The van der Waals surface area contributed by atoms with Gasteiger partial charge in [-0.2, -0.15) is 0 Å². The lowest BCUT2D eigenvalue weighted by Gasteiger charge is -2.60. The van der Waals surface area contributed by atoms with Crippen LogP contribution in [0.5, 0.6) is 0 Å². The van der Waals surface area contributed by atoms with Crippen LogP contribution in [-0.2, 0) is 4.79 Å². The van der Waals surface area contributed by atoms with E-state index in [9.17, 15) is 4.79 Å². The number of ketones is 1. The second kappa shape index (κ2) is 5.11. The van der Waals surface area contributed by atoms with Gasteiger partial charge in [0.1, 0.15) is 0 Å².